The van der Waals surface area contributed by atoms with Crippen LogP contribution < -0.4 is 10.1 Å². The van der Waals surface area contributed by atoms with E-state index in [4.69, 9.17) is 9.47 Å². The molecule has 164 valence electrons. The molecule has 0 fully saturated rings. The van der Waals surface area contributed by atoms with Crippen molar-refractivity contribution in [2.45, 2.75) is 38.6 Å². The van der Waals surface area contributed by atoms with Gasteiger partial charge in [-0.25, -0.2) is 0 Å². The summed E-state index contributed by atoms with van der Waals surface area (Å²) in [6.07, 6.45) is -0.926. The van der Waals surface area contributed by atoms with Gasteiger partial charge in [0.15, 0.2) is 17.1 Å². The molecule has 1 atom stereocenters. The third-order valence-corrected chi connectivity index (χ3v) is 6.01. The Hall–Kier alpha value is -2.85. The van der Waals surface area contributed by atoms with E-state index in [0.717, 1.165) is 16.5 Å². The topological polar surface area (TPSA) is 95.3 Å². The van der Waals surface area contributed by atoms with Gasteiger partial charge in [-0.2, -0.15) is 0 Å². The van der Waals surface area contributed by atoms with Gasteiger partial charge in [0.25, 0.3) is 5.91 Å². The highest BCUT2D eigenvalue weighted by molar-refractivity contribution is 7.99. The fraction of sp³-hybridized carbons (Fsp3) is 0.333. The van der Waals surface area contributed by atoms with Crippen molar-refractivity contribution in [2.75, 3.05) is 17.7 Å². The Morgan fingerprint density at radius 3 is 2.61 bits per heavy atom. The van der Waals surface area contributed by atoms with Crippen molar-refractivity contribution in [1.29, 1.82) is 0 Å². The molecule has 1 N–H and O–H groups in total. The summed E-state index contributed by atoms with van der Waals surface area (Å²) in [6.45, 7) is 6.68. The van der Waals surface area contributed by atoms with E-state index < -0.39 is 18.0 Å². The normalized spacial score (nSPS) is 11.7. The molecule has 0 spiro atoms. The van der Waals surface area contributed by atoms with Crippen LogP contribution in [-0.4, -0.2) is 45.1 Å². The summed E-state index contributed by atoms with van der Waals surface area (Å²) in [5, 5.41) is 13.8. The van der Waals surface area contributed by atoms with Gasteiger partial charge in [0.2, 0.25) is 0 Å². The van der Waals surface area contributed by atoms with Gasteiger partial charge in [-0.05, 0) is 56.5 Å². The SMILES string of the molecule is CCOc1ccc(NC(=O)C(C)OC(=O)CSc2nnc(-c3cccs3)n2CC)cc1. The molecule has 3 rings (SSSR count). The molecular weight excluding hydrogens is 436 g/mol. The third-order valence-electron chi connectivity index (χ3n) is 4.20. The molecule has 1 amide bonds. The monoisotopic (exact) mass is 460 g/mol. The summed E-state index contributed by atoms with van der Waals surface area (Å²) in [6, 6.07) is 10.9. The third kappa shape index (κ3) is 6.08. The highest BCUT2D eigenvalue weighted by Crippen LogP contribution is 2.27. The number of nitrogens with one attached hydrogen (secondary N) is 1. The number of nitrogens with zero attached hydrogens (tertiary/aromatic N) is 3. The van der Waals surface area contributed by atoms with Crippen LogP contribution in [0.25, 0.3) is 10.7 Å². The lowest BCUT2D eigenvalue weighted by Crippen LogP contribution is -2.30. The molecule has 1 aromatic carbocycles. The summed E-state index contributed by atoms with van der Waals surface area (Å²) in [5.41, 5.74) is 0.600. The Balaban J connectivity index is 1.50. The Labute approximate surface area is 189 Å². The summed E-state index contributed by atoms with van der Waals surface area (Å²) in [7, 11) is 0. The summed E-state index contributed by atoms with van der Waals surface area (Å²) >= 11 is 2.82. The van der Waals surface area contributed by atoms with Gasteiger partial charge in [0.05, 0.1) is 17.2 Å². The quantitative estimate of drug-likeness (QED) is 0.360. The van der Waals surface area contributed by atoms with Crippen LogP contribution in [-0.2, 0) is 20.9 Å². The molecule has 0 radical (unpaired) electrons. The molecule has 0 saturated heterocycles. The molecule has 31 heavy (non-hydrogen) atoms. The molecule has 8 nitrogen and oxygen atoms in total. The van der Waals surface area contributed by atoms with Crippen LogP contribution in [0.15, 0.2) is 46.9 Å². The predicted octanol–water partition coefficient (Wildman–Crippen LogP) is 4.09. The van der Waals surface area contributed by atoms with Crippen LogP contribution in [0.5, 0.6) is 5.75 Å². The van der Waals surface area contributed by atoms with Gasteiger partial charge < -0.3 is 19.4 Å². The van der Waals surface area contributed by atoms with Crippen LogP contribution in [0, 0.1) is 0 Å². The second-order valence-electron chi connectivity index (χ2n) is 6.40. The van der Waals surface area contributed by atoms with E-state index in [2.05, 4.69) is 15.5 Å². The number of thiophene rings is 1. The number of thioether (sulfide) groups is 1. The van der Waals surface area contributed by atoms with E-state index >= 15 is 0 Å². The van der Waals surface area contributed by atoms with Gasteiger partial charge in [-0.1, -0.05) is 17.8 Å². The maximum absolute atomic E-state index is 12.3. The first-order valence-electron chi connectivity index (χ1n) is 9.84. The van der Waals surface area contributed by atoms with Gasteiger partial charge in [0, 0.05) is 12.2 Å². The first kappa shape index (κ1) is 22.8. The first-order chi connectivity index (χ1) is 15.0. The van der Waals surface area contributed by atoms with Crippen molar-refractivity contribution in [3.8, 4) is 16.5 Å². The minimum Gasteiger partial charge on any atom is -0.494 e. The average molecular weight is 461 g/mol. The number of anilines is 1. The van der Waals surface area contributed by atoms with Crippen molar-refractivity contribution in [3.05, 3.63) is 41.8 Å². The maximum Gasteiger partial charge on any atom is 0.317 e. The average Bonchev–Trinajstić information content (AvgIpc) is 3.43. The molecule has 10 heteroatoms. The number of benzene rings is 1. The zero-order valence-corrected chi connectivity index (χ0v) is 19.2. The van der Waals surface area contributed by atoms with Gasteiger partial charge in [0.1, 0.15) is 5.75 Å². The van der Waals surface area contributed by atoms with Gasteiger partial charge in [-0.15, -0.1) is 21.5 Å². The second-order valence-corrected chi connectivity index (χ2v) is 8.29. The number of hydrogen-bond donors (Lipinski definition) is 1. The molecule has 0 aliphatic heterocycles. The van der Waals surface area contributed by atoms with Gasteiger partial charge in [-0.3, -0.25) is 9.59 Å². The standard InChI is InChI=1S/C21H24N4O4S2/c1-4-25-19(17-7-6-12-30-17)23-24-21(25)31-13-18(26)29-14(3)20(27)22-15-8-10-16(11-9-15)28-5-2/h6-12,14H,4-5,13H2,1-3H3,(H,22,27). The van der Waals surface area contributed by atoms with Crippen molar-refractivity contribution in [3.63, 3.8) is 0 Å². The molecular formula is C21H24N4O4S2. The highest BCUT2D eigenvalue weighted by Gasteiger charge is 2.20. The van der Waals surface area contributed by atoms with Gasteiger partial charge >= 0.3 is 5.97 Å². The van der Waals surface area contributed by atoms with Crippen LogP contribution in [0.1, 0.15) is 20.8 Å². The van der Waals surface area contributed by atoms with E-state index in [0.29, 0.717) is 24.0 Å². The number of carbonyl (C=O) groups excluding carboxylic acids is 2. The lowest BCUT2D eigenvalue weighted by molar-refractivity contribution is -0.150. The van der Waals surface area contributed by atoms with E-state index in [9.17, 15) is 9.59 Å². The van der Waals surface area contributed by atoms with E-state index in [1.165, 1.54) is 18.7 Å². The minimum absolute atomic E-state index is 0.0310. The smallest absolute Gasteiger partial charge is 0.317 e. The first-order valence-corrected chi connectivity index (χ1v) is 11.7. The highest BCUT2D eigenvalue weighted by atomic mass is 32.2. The number of aromatic nitrogens is 3. The number of hydrogen-bond acceptors (Lipinski definition) is 8. The summed E-state index contributed by atoms with van der Waals surface area (Å²) < 4.78 is 12.6. The number of carbonyl (C=O) groups is 2. The molecule has 0 aliphatic rings. The zero-order chi connectivity index (χ0) is 22.2. The number of amides is 1. The molecule has 3 aromatic rings. The fourth-order valence-corrected chi connectivity index (χ4v) is 4.22. The maximum atomic E-state index is 12.3. The molecule has 0 saturated carbocycles. The van der Waals surface area contributed by atoms with E-state index in [-0.39, 0.29) is 5.75 Å². The lowest BCUT2D eigenvalue weighted by atomic mass is 10.3. The summed E-state index contributed by atoms with van der Waals surface area (Å²) in [4.78, 5) is 25.6. The Bertz CT molecular complexity index is 1000. The fourth-order valence-electron chi connectivity index (χ4n) is 2.72. The van der Waals surface area contributed by atoms with Crippen molar-refractivity contribution < 1.29 is 19.1 Å². The van der Waals surface area contributed by atoms with Crippen LogP contribution in [0.3, 0.4) is 0 Å². The molecule has 0 aliphatic carbocycles. The molecule has 0 bridgehead atoms. The van der Waals surface area contributed by atoms with Crippen molar-refractivity contribution >= 4 is 40.7 Å². The molecule has 2 aromatic heterocycles. The molecule has 2 heterocycles. The van der Waals surface area contributed by atoms with E-state index in [1.807, 2.05) is 35.9 Å². The molecule has 1 unspecified atom stereocenters. The summed E-state index contributed by atoms with van der Waals surface area (Å²) in [5.74, 6) is 0.626. The minimum atomic E-state index is -0.926. The number of ether oxygens (including phenoxy) is 2. The number of rotatable bonds is 10. The Kier molecular flexibility index (Phi) is 8.07. The van der Waals surface area contributed by atoms with Crippen molar-refractivity contribution in [1.82, 2.24) is 14.8 Å². The second kappa shape index (κ2) is 11.0. The van der Waals surface area contributed by atoms with Crippen LogP contribution >= 0.6 is 23.1 Å². The van der Waals surface area contributed by atoms with E-state index in [1.54, 1.807) is 35.6 Å². The zero-order valence-electron chi connectivity index (χ0n) is 17.5. The van der Waals surface area contributed by atoms with Crippen LogP contribution in [0.2, 0.25) is 0 Å². The predicted molar refractivity (Wildman–Crippen MR) is 122 cm³/mol. The number of esters is 1. The van der Waals surface area contributed by atoms with Crippen molar-refractivity contribution in [2.24, 2.45) is 0 Å². The Morgan fingerprint density at radius 2 is 1.97 bits per heavy atom. The largest absolute Gasteiger partial charge is 0.494 e. The lowest BCUT2D eigenvalue weighted by Gasteiger charge is -2.14. The van der Waals surface area contributed by atoms with Crippen LogP contribution in [0.4, 0.5) is 5.69 Å². The Morgan fingerprint density at radius 1 is 1.19 bits per heavy atom.